The Balaban J connectivity index is 2.18. The molecule has 2 aromatic carbocycles. The highest BCUT2D eigenvalue weighted by molar-refractivity contribution is 9.10. The van der Waals surface area contributed by atoms with Crippen LogP contribution in [0.3, 0.4) is 0 Å². The molecule has 0 amide bonds. The quantitative estimate of drug-likeness (QED) is 0.786. The molecule has 112 valence electrons. The van der Waals surface area contributed by atoms with Crippen LogP contribution in [0.5, 0.6) is 11.5 Å². The van der Waals surface area contributed by atoms with Gasteiger partial charge in [-0.2, -0.15) is 0 Å². The molecule has 0 bridgehead atoms. The van der Waals surface area contributed by atoms with Crippen LogP contribution in [0.25, 0.3) is 0 Å². The predicted octanol–water partition coefficient (Wildman–Crippen LogP) is 5.36. The maximum Gasteiger partial charge on any atom is 0.130 e. The van der Waals surface area contributed by atoms with E-state index in [1.807, 2.05) is 18.2 Å². The van der Waals surface area contributed by atoms with Crippen molar-refractivity contribution in [3.63, 3.8) is 0 Å². The number of hydrogen-bond donors (Lipinski definition) is 1. The maximum absolute atomic E-state index is 6.04. The average molecular weight is 348 g/mol. The molecule has 0 aromatic heterocycles. The largest absolute Gasteiger partial charge is 0.457 e. The average Bonchev–Trinajstić information content (AvgIpc) is 2.43. The topological polar surface area (TPSA) is 21.3 Å². The summed E-state index contributed by atoms with van der Waals surface area (Å²) in [6, 6.07) is 12.9. The van der Waals surface area contributed by atoms with Crippen molar-refractivity contribution in [3.05, 3.63) is 57.6 Å². The molecule has 1 N–H and O–H groups in total. The van der Waals surface area contributed by atoms with Crippen LogP contribution in [0.1, 0.15) is 30.5 Å². The van der Waals surface area contributed by atoms with Crippen molar-refractivity contribution in [2.45, 2.75) is 40.3 Å². The van der Waals surface area contributed by atoms with E-state index in [1.54, 1.807) is 0 Å². The summed E-state index contributed by atoms with van der Waals surface area (Å²) in [7, 11) is 0. The Morgan fingerprint density at radius 1 is 1.05 bits per heavy atom. The van der Waals surface area contributed by atoms with Gasteiger partial charge in [-0.15, -0.1) is 0 Å². The van der Waals surface area contributed by atoms with Gasteiger partial charge in [-0.1, -0.05) is 41.9 Å². The highest BCUT2D eigenvalue weighted by Gasteiger charge is 2.05. The third-order valence-electron chi connectivity index (χ3n) is 3.32. The molecule has 2 nitrogen and oxygen atoms in total. The molecule has 3 heteroatoms. The van der Waals surface area contributed by atoms with Crippen LogP contribution in [0, 0.1) is 13.8 Å². The van der Waals surface area contributed by atoms with Gasteiger partial charge in [0, 0.05) is 17.1 Å². The molecule has 0 atom stereocenters. The number of nitrogens with one attached hydrogen (secondary N) is 1. The second kappa shape index (κ2) is 7.10. The summed E-state index contributed by atoms with van der Waals surface area (Å²) in [6.07, 6.45) is 0. The first-order valence-corrected chi connectivity index (χ1v) is 8.02. The Kier molecular flexibility index (Phi) is 5.43. The van der Waals surface area contributed by atoms with E-state index in [2.05, 4.69) is 67.1 Å². The van der Waals surface area contributed by atoms with Crippen molar-refractivity contribution in [2.24, 2.45) is 0 Å². The molecule has 21 heavy (non-hydrogen) atoms. The third-order valence-corrected chi connectivity index (χ3v) is 4.21. The van der Waals surface area contributed by atoms with Crippen LogP contribution in [0.15, 0.2) is 40.9 Å². The zero-order chi connectivity index (χ0) is 15.4. The van der Waals surface area contributed by atoms with Crippen molar-refractivity contribution in [1.29, 1.82) is 0 Å². The molecule has 0 unspecified atom stereocenters. The van der Waals surface area contributed by atoms with Crippen LogP contribution in [-0.2, 0) is 6.54 Å². The van der Waals surface area contributed by atoms with E-state index in [0.29, 0.717) is 6.04 Å². The van der Waals surface area contributed by atoms with Crippen molar-refractivity contribution in [2.75, 3.05) is 0 Å². The smallest absolute Gasteiger partial charge is 0.130 e. The van der Waals surface area contributed by atoms with Crippen LogP contribution in [0.2, 0.25) is 0 Å². The molecular formula is C18H22BrNO. The Morgan fingerprint density at radius 3 is 2.48 bits per heavy atom. The Hall–Kier alpha value is -1.32. The van der Waals surface area contributed by atoms with E-state index >= 15 is 0 Å². The first-order valence-electron chi connectivity index (χ1n) is 7.22. The number of rotatable bonds is 5. The molecule has 0 heterocycles. The fraction of sp³-hybridized carbons (Fsp3) is 0.333. The zero-order valence-corrected chi connectivity index (χ0v) is 14.6. The molecule has 2 aromatic rings. The van der Waals surface area contributed by atoms with E-state index in [-0.39, 0.29) is 0 Å². The second-order valence-electron chi connectivity index (χ2n) is 5.65. The second-order valence-corrected chi connectivity index (χ2v) is 6.50. The summed E-state index contributed by atoms with van der Waals surface area (Å²) in [5, 5.41) is 3.43. The molecular weight excluding hydrogens is 326 g/mol. The van der Waals surface area contributed by atoms with Crippen molar-refractivity contribution in [3.8, 4) is 11.5 Å². The minimum atomic E-state index is 0.477. The van der Waals surface area contributed by atoms with Crippen LogP contribution in [-0.4, -0.2) is 6.04 Å². The fourth-order valence-electron chi connectivity index (χ4n) is 1.99. The molecule has 0 aliphatic rings. The first kappa shape index (κ1) is 16.1. The van der Waals surface area contributed by atoms with Gasteiger partial charge < -0.3 is 10.1 Å². The third kappa shape index (κ3) is 4.58. The van der Waals surface area contributed by atoms with Crippen molar-refractivity contribution < 1.29 is 4.74 Å². The van der Waals surface area contributed by atoms with Gasteiger partial charge in [-0.05, 0) is 54.8 Å². The highest BCUT2D eigenvalue weighted by atomic mass is 79.9. The number of aryl methyl sites for hydroxylation is 2. The lowest BCUT2D eigenvalue weighted by molar-refractivity contribution is 0.476. The SMILES string of the molecule is Cc1cc(Oc2cc(CNC(C)C)ccc2C)ccc1Br. The number of benzene rings is 2. The molecule has 0 radical (unpaired) electrons. The molecule has 0 saturated carbocycles. The van der Waals surface area contributed by atoms with Crippen LogP contribution >= 0.6 is 15.9 Å². The summed E-state index contributed by atoms with van der Waals surface area (Å²) < 4.78 is 7.14. The highest BCUT2D eigenvalue weighted by Crippen LogP contribution is 2.29. The van der Waals surface area contributed by atoms with Gasteiger partial charge in [0.25, 0.3) is 0 Å². The van der Waals surface area contributed by atoms with E-state index in [1.165, 1.54) is 11.1 Å². The first-order chi connectivity index (χ1) is 9.95. The fourth-order valence-corrected chi connectivity index (χ4v) is 2.24. The Labute approximate surface area is 135 Å². The van der Waals surface area contributed by atoms with E-state index in [4.69, 9.17) is 4.74 Å². The zero-order valence-electron chi connectivity index (χ0n) is 13.0. The summed E-state index contributed by atoms with van der Waals surface area (Å²) in [4.78, 5) is 0. The maximum atomic E-state index is 6.04. The van der Waals surface area contributed by atoms with Gasteiger partial charge in [0.15, 0.2) is 0 Å². The Bertz CT molecular complexity index is 623. The lowest BCUT2D eigenvalue weighted by atomic mass is 10.1. The lowest BCUT2D eigenvalue weighted by Gasteiger charge is -2.13. The monoisotopic (exact) mass is 347 g/mol. The minimum Gasteiger partial charge on any atom is -0.457 e. The molecule has 0 spiro atoms. The van der Waals surface area contributed by atoms with Gasteiger partial charge in [0.05, 0.1) is 0 Å². The summed E-state index contributed by atoms with van der Waals surface area (Å²) in [5.41, 5.74) is 3.55. The van der Waals surface area contributed by atoms with Gasteiger partial charge in [0.2, 0.25) is 0 Å². The summed E-state index contributed by atoms with van der Waals surface area (Å²) >= 11 is 3.51. The normalized spacial score (nSPS) is 11.0. The molecule has 2 rings (SSSR count). The number of halogens is 1. The van der Waals surface area contributed by atoms with Gasteiger partial charge >= 0.3 is 0 Å². The molecule has 0 aliphatic carbocycles. The Morgan fingerprint density at radius 2 is 1.81 bits per heavy atom. The van der Waals surface area contributed by atoms with E-state index in [9.17, 15) is 0 Å². The standard InChI is InChI=1S/C18H22BrNO/c1-12(2)20-11-15-6-5-13(3)18(10-15)21-16-7-8-17(19)14(4)9-16/h5-10,12,20H,11H2,1-4H3. The van der Waals surface area contributed by atoms with Gasteiger partial charge in [0.1, 0.15) is 11.5 Å². The summed E-state index contributed by atoms with van der Waals surface area (Å²) in [5.74, 6) is 1.78. The summed E-state index contributed by atoms with van der Waals surface area (Å²) in [6.45, 7) is 9.29. The molecule has 0 aliphatic heterocycles. The van der Waals surface area contributed by atoms with E-state index in [0.717, 1.165) is 28.1 Å². The van der Waals surface area contributed by atoms with Crippen LogP contribution < -0.4 is 10.1 Å². The molecule has 0 fully saturated rings. The van der Waals surface area contributed by atoms with Gasteiger partial charge in [-0.3, -0.25) is 0 Å². The van der Waals surface area contributed by atoms with Crippen molar-refractivity contribution in [1.82, 2.24) is 5.32 Å². The predicted molar refractivity (Wildman–Crippen MR) is 92.1 cm³/mol. The number of ether oxygens (including phenoxy) is 1. The van der Waals surface area contributed by atoms with Crippen LogP contribution in [0.4, 0.5) is 0 Å². The van der Waals surface area contributed by atoms with Crippen molar-refractivity contribution >= 4 is 15.9 Å². The van der Waals surface area contributed by atoms with E-state index < -0.39 is 0 Å². The lowest BCUT2D eigenvalue weighted by Crippen LogP contribution is -2.21. The minimum absolute atomic E-state index is 0.477. The van der Waals surface area contributed by atoms with Gasteiger partial charge in [-0.25, -0.2) is 0 Å². The molecule has 0 saturated heterocycles. The number of hydrogen-bond acceptors (Lipinski definition) is 2.